The highest BCUT2D eigenvalue weighted by Gasteiger charge is 2.14. The summed E-state index contributed by atoms with van der Waals surface area (Å²) in [4.78, 5) is 9.09. The Bertz CT molecular complexity index is 711. The number of aromatic nitrogens is 1. The number of benzene rings is 1. The molecule has 0 spiro atoms. The molecule has 7 nitrogen and oxygen atoms in total. The van der Waals surface area contributed by atoms with Crippen LogP contribution in [0.2, 0.25) is 0 Å². The van der Waals surface area contributed by atoms with Gasteiger partial charge in [0.1, 0.15) is 12.0 Å². The highest BCUT2D eigenvalue weighted by Crippen LogP contribution is 2.18. The molecule has 1 aromatic carbocycles. The Morgan fingerprint density at radius 1 is 1.29 bits per heavy atom. The predicted octanol–water partition coefficient (Wildman–Crippen LogP) is 2.98. The standard InChI is InChI=1S/C21H30N4O3/c1-2-22-21(23-11-7-12-26-16-19-10-6-13-27-19)24-14-18-15-28-20(25-18)17-8-4-3-5-9-17/h3-5,8-9,15,19H,2,6-7,10-14,16H2,1H3,(H2,22,23,24). The molecule has 2 N–H and O–H groups in total. The molecule has 1 saturated heterocycles. The minimum absolute atomic E-state index is 0.287. The molecule has 152 valence electrons. The number of nitrogens with zero attached hydrogens (tertiary/aromatic N) is 2. The Morgan fingerprint density at radius 2 is 2.18 bits per heavy atom. The highest BCUT2D eigenvalue weighted by atomic mass is 16.5. The third-order valence-electron chi connectivity index (χ3n) is 4.40. The first kappa shape index (κ1) is 20.4. The topological polar surface area (TPSA) is 80.9 Å². The van der Waals surface area contributed by atoms with Crippen molar-refractivity contribution in [3.05, 3.63) is 42.3 Å². The molecule has 0 bridgehead atoms. The Morgan fingerprint density at radius 3 is 2.96 bits per heavy atom. The highest BCUT2D eigenvalue weighted by molar-refractivity contribution is 5.79. The number of oxazole rings is 1. The fourth-order valence-electron chi connectivity index (χ4n) is 2.97. The average Bonchev–Trinajstić information content (AvgIpc) is 3.41. The van der Waals surface area contributed by atoms with Gasteiger partial charge in [-0.15, -0.1) is 0 Å². The fraction of sp³-hybridized carbons (Fsp3) is 0.524. The van der Waals surface area contributed by atoms with Gasteiger partial charge < -0.3 is 24.5 Å². The lowest BCUT2D eigenvalue weighted by Crippen LogP contribution is -2.38. The number of hydrogen-bond donors (Lipinski definition) is 2. The van der Waals surface area contributed by atoms with Crippen LogP contribution in [0.3, 0.4) is 0 Å². The van der Waals surface area contributed by atoms with E-state index >= 15 is 0 Å². The maximum atomic E-state index is 5.69. The average molecular weight is 386 g/mol. The van der Waals surface area contributed by atoms with E-state index in [0.717, 1.165) is 62.8 Å². The minimum Gasteiger partial charge on any atom is -0.444 e. The first-order chi connectivity index (χ1) is 13.8. The number of guanidine groups is 1. The van der Waals surface area contributed by atoms with Crippen molar-refractivity contribution < 1.29 is 13.9 Å². The van der Waals surface area contributed by atoms with Crippen LogP contribution < -0.4 is 10.6 Å². The van der Waals surface area contributed by atoms with E-state index in [2.05, 4.69) is 20.6 Å². The third kappa shape index (κ3) is 6.65. The van der Waals surface area contributed by atoms with Gasteiger partial charge in [-0.2, -0.15) is 0 Å². The number of aliphatic imine (C=N–C) groups is 1. The molecule has 1 unspecified atom stereocenters. The summed E-state index contributed by atoms with van der Waals surface area (Å²) in [5.41, 5.74) is 1.77. The van der Waals surface area contributed by atoms with Crippen LogP contribution in [0, 0.1) is 0 Å². The van der Waals surface area contributed by atoms with Crippen LogP contribution in [0.1, 0.15) is 31.9 Å². The van der Waals surface area contributed by atoms with Crippen LogP contribution in [0.4, 0.5) is 0 Å². The second-order valence-corrected chi connectivity index (χ2v) is 6.70. The number of ether oxygens (including phenoxy) is 2. The SMILES string of the molecule is CCNC(=NCc1coc(-c2ccccc2)n1)NCCCOCC1CCCO1. The Balaban J connectivity index is 1.39. The van der Waals surface area contributed by atoms with Gasteiger partial charge in [-0.3, -0.25) is 0 Å². The van der Waals surface area contributed by atoms with Gasteiger partial charge in [-0.25, -0.2) is 9.98 Å². The van der Waals surface area contributed by atoms with Crippen molar-refractivity contribution in [2.75, 3.05) is 32.9 Å². The molecule has 1 aliphatic heterocycles. The van der Waals surface area contributed by atoms with E-state index < -0.39 is 0 Å². The van der Waals surface area contributed by atoms with Crippen molar-refractivity contribution in [1.29, 1.82) is 0 Å². The zero-order chi connectivity index (χ0) is 19.4. The van der Waals surface area contributed by atoms with E-state index in [-0.39, 0.29) is 6.10 Å². The van der Waals surface area contributed by atoms with Gasteiger partial charge >= 0.3 is 0 Å². The van der Waals surface area contributed by atoms with Crippen molar-refractivity contribution in [2.24, 2.45) is 4.99 Å². The molecule has 3 rings (SSSR count). The Labute approximate surface area is 166 Å². The monoisotopic (exact) mass is 386 g/mol. The lowest BCUT2D eigenvalue weighted by molar-refractivity contribution is 0.0168. The summed E-state index contributed by atoms with van der Waals surface area (Å²) in [6.45, 7) is 6.39. The Kier molecular flexibility index (Phi) is 8.33. The molecule has 0 amide bonds. The third-order valence-corrected chi connectivity index (χ3v) is 4.40. The summed E-state index contributed by atoms with van der Waals surface area (Å²) in [5.74, 6) is 1.39. The normalized spacial score (nSPS) is 17.0. The van der Waals surface area contributed by atoms with E-state index in [0.29, 0.717) is 19.0 Å². The first-order valence-corrected chi connectivity index (χ1v) is 10.1. The second-order valence-electron chi connectivity index (χ2n) is 6.70. The summed E-state index contributed by atoms with van der Waals surface area (Å²) in [5, 5.41) is 6.57. The second kappa shape index (κ2) is 11.5. The zero-order valence-electron chi connectivity index (χ0n) is 16.5. The van der Waals surface area contributed by atoms with Crippen LogP contribution in [0.25, 0.3) is 11.5 Å². The van der Waals surface area contributed by atoms with E-state index in [4.69, 9.17) is 13.9 Å². The molecule has 0 radical (unpaired) electrons. The molecule has 0 saturated carbocycles. The molecular formula is C21H30N4O3. The quantitative estimate of drug-likeness (QED) is 0.371. The van der Waals surface area contributed by atoms with Crippen LogP contribution >= 0.6 is 0 Å². The fourth-order valence-corrected chi connectivity index (χ4v) is 2.97. The lowest BCUT2D eigenvalue weighted by atomic mass is 10.2. The maximum absolute atomic E-state index is 5.69. The summed E-state index contributed by atoms with van der Waals surface area (Å²) in [6.07, 6.45) is 5.13. The molecule has 7 heteroatoms. The summed E-state index contributed by atoms with van der Waals surface area (Å²) in [7, 11) is 0. The summed E-state index contributed by atoms with van der Waals surface area (Å²) < 4.78 is 16.8. The van der Waals surface area contributed by atoms with Gasteiger partial charge in [0.15, 0.2) is 5.96 Å². The van der Waals surface area contributed by atoms with Gasteiger partial charge in [0.2, 0.25) is 5.89 Å². The molecule has 2 aromatic rings. The van der Waals surface area contributed by atoms with E-state index in [1.54, 1.807) is 6.26 Å². The summed E-state index contributed by atoms with van der Waals surface area (Å²) in [6, 6.07) is 9.86. The molecule has 1 aromatic heterocycles. The van der Waals surface area contributed by atoms with Crippen molar-refractivity contribution in [3.63, 3.8) is 0 Å². The van der Waals surface area contributed by atoms with Crippen LogP contribution in [-0.2, 0) is 16.0 Å². The smallest absolute Gasteiger partial charge is 0.226 e. The van der Waals surface area contributed by atoms with Crippen molar-refractivity contribution in [1.82, 2.24) is 15.6 Å². The maximum Gasteiger partial charge on any atom is 0.226 e. The zero-order valence-corrected chi connectivity index (χ0v) is 16.5. The minimum atomic E-state index is 0.287. The molecule has 0 aliphatic carbocycles. The van der Waals surface area contributed by atoms with Crippen LogP contribution in [0.15, 0.2) is 46.0 Å². The van der Waals surface area contributed by atoms with E-state index in [1.165, 1.54) is 0 Å². The lowest BCUT2D eigenvalue weighted by Gasteiger charge is -2.12. The van der Waals surface area contributed by atoms with E-state index in [1.807, 2.05) is 37.3 Å². The van der Waals surface area contributed by atoms with Gasteiger partial charge in [0.25, 0.3) is 0 Å². The van der Waals surface area contributed by atoms with Crippen molar-refractivity contribution in [3.8, 4) is 11.5 Å². The molecule has 1 fully saturated rings. The number of hydrogen-bond acceptors (Lipinski definition) is 5. The van der Waals surface area contributed by atoms with Gasteiger partial charge in [-0.1, -0.05) is 18.2 Å². The molecule has 28 heavy (non-hydrogen) atoms. The Hall–Kier alpha value is -2.38. The van der Waals surface area contributed by atoms with Crippen molar-refractivity contribution in [2.45, 2.75) is 38.8 Å². The van der Waals surface area contributed by atoms with Gasteiger partial charge in [0.05, 0.1) is 19.3 Å². The first-order valence-electron chi connectivity index (χ1n) is 10.1. The molecular weight excluding hydrogens is 356 g/mol. The van der Waals surface area contributed by atoms with Gasteiger partial charge in [0, 0.05) is 31.9 Å². The molecule has 2 heterocycles. The van der Waals surface area contributed by atoms with Crippen LogP contribution in [-0.4, -0.2) is 50.0 Å². The molecule has 1 atom stereocenters. The number of rotatable bonds is 10. The van der Waals surface area contributed by atoms with Crippen molar-refractivity contribution >= 4 is 5.96 Å². The van der Waals surface area contributed by atoms with Gasteiger partial charge in [-0.05, 0) is 38.3 Å². The van der Waals surface area contributed by atoms with Crippen LogP contribution in [0.5, 0.6) is 0 Å². The molecule has 1 aliphatic rings. The largest absolute Gasteiger partial charge is 0.444 e. The van der Waals surface area contributed by atoms with E-state index in [9.17, 15) is 0 Å². The summed E-state index contributed by atoms with van der Waals surface area (Å²) >= 11 is 0. The number of nitrogens with one attached hydrogen (secondary N) is 2. The predicted molar refractivity (Wildman–Crippen MR) is 109 cm³/mol.